The molecule has 0 saturated carbocycles. The number of hydrogen-bond acceptors (Lipinski definition) is 6. The lowest BCUT2D eigenvalue weighted by molar-refractivity contribution is -0.388. The van der Waals surface area contributed by atoms with Gasteiger partial charge in [0.15, 0.2) is 5.03 Å². The summed E-state index contributed by atoms with van der Waals surface area (Å²) >= 11 is 0.905. The largest absolute Gasteiger partial charge is 0.480 e. The van der Waals surface area contributed by atoms with Crippen molar-refractivity contribution in [3.63, 3.8) is 0 Å². The third-order valence-electron chi connectivity index (χ3n) is 2.01. The van der Waals surface area contributed by atoms with Crippen LogP contribution in [0.15, 0.2) is 23.4 Å². The van der Waals surface area contributed by atoms with Gasteiger partial charge in [0.2, 0.25) is 5.91 Å². The summed E-state index contributed by atoms with van der Waals surface area (Å²) < 4.78 is 0. The van der Waals surface area contributed by atoms with Gasteiger partial charge in [0.05, 0.1) is 4.92 Å². The monoisotopic (exact) mass is 285 g/mol. The number of thioether (sulfide) groups is 1. The van der Waals surface area contributed by atoms with Crippen molar-refractivity contribution >= 4 is 29.3 Å². The van der Waals surface area contributed by atoms with E-state index in [1.807, 2.05) is 0 Å². The molecule has 0 bridgehead atoms. The summed E-state index contributed by atoms with van der Waals surface area (Å²) in [6, 6.07) is 1.58. The van der Waals surface area contributed by atoms with Gasteiger partial charge in [-0.15, -0.1) is 0 Å². The summed E-state index contributed by atoms with van der Waals surface area (Å²) in [5.41, 5.74) is -0.195. The average molecular weight is 285 g/mol. The number of carbonyl (C=O) groups is 2. The molecule has 0 aliphatic carbocycles. The number of aromatic nitrogens is 1. The number of aliphatic carboxylic acids is 1. The first-order valence-corrected chi connectivity index (χ1v) is 6.12. The minimum atomic E-state index is -1.21. The second kappa shape index (κ2) is 6.69. The van der Waals surface area contributed by atoms with Crippen molar-refractivity contribution in [1.82, 2.24) is 10.3 Å². The molecule has 1 aromatic rings. The fourth-order valence-corrected chi connectivity index (χ4v) is 2.19. The van der Waals surface area contributed by atoms with Crippen LogP contribution in [0.4, 0.5) is 5.69 Å². The number of rotatable bonds is 6. The Morgan fingerprint density at radius 3 is 2.84 bits per heavy atom. The van der Waals surface area contributed by atoms with Crippen molar-refractivity contribution in [3.05, 3.63) is 28.4 Å². The third kappa shape index (κ3) is 4.54. The van der Waals surface area contributed by atoms with Gasteiger partial charge in [-0.2, -0.15) is 0 Å². The van der Waals surface area contributed by atoms with E-state index in [2.05, 4.69) is 10.3 Å². The summed E-state index contributed by atoms with van der Waals surface area (Å²) in [7, 11) is 0. The molecule has 1 amide bonds. The highest BCUT2D eigenvalue weighted by atomic mass is 32.2. The van der Waals surface area contributed by atoms with E-state index in [0.717, 1.165) is 11.8 Å². The highest BCUT2D eigenvalue weighted by Gasteiger charge is 2.22. The zero-order valence-electron chi connectivity index (χ0n) is 9.90. The van der Waals surface area contributed by atoms with E-state index in [1.165, 1.54) is 25.3 Å². The van der Waals surface area contributed by atoms with Gasteiger partial charge in [-0.05, 0) is 6.07 Å². The molecule has 1 aromatic heterocycles. The molecule has 0 saturated heterocycles. The van der Waals surface area contributed by atoms with E-state index in [1.54, 1.807) is 0 Å². The molecule has 0 spiro atoms. The van der Waals surface area contributed by atoms with Crippen LogP contribution in [0.25, 0.3) is 0 Å². The smallest absolute Gasteiger partial charge is 0.327 e. The van der Waals surface area contributed by atoms with E-state index < -0.39 is 22.8 Å². The molecule has 1 atom stereocenters. The SMILES string of the molecule is CC(=O)N[C@@H](CSc1ncccc1[N+](=O)[O-])C(=O)O. The first-order valence-electron chi connectivity index (χ1n) is 5.14. The lowest BCUT2D eigenvalue weighted by Crippen LogP contribution is -2.41. The van der Waals surface area contributed by atoms with Crippen molar-refractivity contribution in [1.29, 1.82) is 0 Å². The van der Waals surface area contributed by atoms with Crippen LogP contribution in [0.1, 0.15) is 6.92 Å². The molecule has 0 radical (unpaired) electrons. The average Bonchev–Trinajstić information content (AvgIpc) is 2.34. The number of nitrogens with zero attached hydrogens (tertiary/aromatic N) is 2. The minimum Gasteiger partial charge on any atom is -0.480 e. The van der Waals surface area contributed by atoms with Crippen molar-refractivity contribution in [2.75, 3.05) is 5.75 Å². The minimum absolute atomic E-state index is 0.0488. The highest BCUT2D eigenvalue weighted by molar-refractivity contribution is 7.99. The number of nitro groups is 1. The van der Waals surface area contributed by atoms with Crippen LogP contribution in [0.2, 0.25) is 0 Å². The normalized spacial score (nSPS) is 11.6. The molecule has 2 N–H and O–H groups in total. The van der Waals surface area contributed by atoms with E-state index in [4.69, 9.17) is 5.11 Å². The molecule has 9 heteroatoms. The zero-order valence-corrected chi connectivity index (χ0v) is 10.7. The summed E-state index contributed by atoms with van der Waals surface area (Å²) in [5.74, 6) is -1.74. The maximum absolute atomic E-state index is 10.9. The fourth-order valence-electron chi connectivity index (χ4n) is 1.21. The standard InChI is InChI=1S/C10H11N3O5S/c1-6(14)12-7(10(15)16)5-19-9-8(13(17)18)3-2-4-11-9/h2-4,7H,5H2,1H3,(H,12,14)(H,15,16)/t7-/m0/s1. The van der Waals surface area contributed by atoms with Crippen LogP contribution in [0, 0.1) is 10.1 Å². The molecule has 0 fully saturated rings. The lowest BCUT2D eigenvalue weighted by Gasteiger charge is -2.12. The van der Waals surface area contributed by atoms with Gasteiger partial charge in [0.25, 0.3) is 0 Å². The summed E-state index contributed by atoms with van der Waals surface area (Å²) in [5, 5.41) is 22.0. The van der Waals surface area contributed by atoms with Crippen LogP contribution >= 0.6 is 11.8 Å². The number of carboxylic acids is 1. The van der Waals surface area contributed by atoms with Crippen LogP contribution in [-0.4, -0.2) is 38.7 Å². The van der Waals surface area contributed by atoms with E-state index in [-0.39, 0.29) is 16.5 Å². The Bertz CT molecular complexity index is 508. The Kier molecular flexibility index (Phi) is 5.24. The number of carbonyl (C=O) groups excluding carboxylic acids is 1. The van der Waals surface area contributed by atoms with Crippen molar-refractivity contribution in [3.8, 4) is 0 Å². The third-order valence-corrected chi connectivity index (χ3v) is 3.10. The molecule has 8 nitrogen and oxygen atoms in total. The Balaban J connectivity index is 2.77. The van der Waals surface area contributed by atoms with Crippen molar-refractivity contribution < 1.29 is 19.6 Å². The Hall–Kier alpha value is -2.16. The van der Waals surface area contributed by atoms with E-state index in [0.29, 0.717) is 0 Å². The van der Waals surface area contributed by atoms with Crippen LogP contribution in [0.5, 0.6) is 0 Å². The lowest BCUT2D eigenvalue weighted by atomic mass is 10.3. The van der Waals surface area contributed by atoms with Gasteiger partial charge < -0.3 is 10.4 Å². The van der Waals surface area contributed by atoms with E-state index >= 15 is 0 Å². The number of nitrogens with one attached hydrogen (secondary N) is 1. The summed E-state index contributed by atoms with van der Waals surface area (Å²) in [6.07, 6.45) is 1.38. The Labute approximate surface area is 112 Å². The molecule has 0 unspecified atom stereocenters. The number of carboxylic acid groups (broad SMARTS) is 1. The number of pyridine rings is 1. The predicted molar refractivity (Wildman–Crippen MR) is 66.9 cm³/mol. The van der Waals surface area contributed by atoms with Crippen molar-refractivity contribution in [2.24, 2.45) is 0 Å². The first kappa shape index (κ1) is 14.9. The first-order chi connectivity index (χ1) is 8.91. The van der Waals surface area contributed by atoms with Gasteiger partial charge in [-0.25, -0.2) is 9.78 Å². The molecular weight excluding hydrogens is 274 g/mol. The van der Waals surface area contributed by atoms with E-state index in [9.17, 15) is 19.7 Å². The predicted octanol–water partition coefficient (Wildman–Crippen LogP) is 0.671. The molecule has 0 aromatic carbocycles. The van der Waals surface area contributed by atoms with Crippen molar-refractivity contribution in [2.45, 2.75) is 18.0 Å². The second-order valence-electron chi connectivity index (χ2n) is 3.49. The highest BCUT2D eigenvalue weighted by Crippen LogP contribution is 2.26. The molecule has 0 aliphatic rings. The van der Waals surface area contributed by atoms with Gasteiger partial charge in [-0.3, -0.25) is 14.9 Å². The number of amides is 1. The molecular formula is C10H11N3O5S. The second-order valence-corrected chi connectivity index (χ2v) is 4.50. The number of hydrogen-bond donors (Lipinski definition) is 2. The maximum Gasteiger partial charge on any atom is 0.327 e. The molecule has 1 heterocycles. The van der Waals surface area contributed by atoms with Gasteiger partial charge >= 0.3 is 11.7 Å². The molecule has 19 heavy (non-hydrogen) atoms. The van der Waals surface area contributed by atoms with Crippen LogP contribution < -0.4 is 5.32 Å². The molecule has 1 rings (SSSR count). The molecule has 0 aliphatic heterocycles. The van der Waals surface area contributed by atoms with Gasteiger partial charge in [-0.1, -0.05) is 11.8 Å². The summed E-state index contributed by atoms with van der Waals surface area (Å²) in [4.78, 5) is 35.7. The Morgan fingerprint density at radius 2 is 2.32 bits per heavy atom. The van der Waals surface area contributed by atoms with Gasteiger partial charge in [0, 0.05) is 24.9 Å². The van der Waals surface area contributed by atoms with Crippen LogP contribution in [0.3, 0.4) is 0 Å². The summed E-state index contributed by atoms with van der Waals surface area (Å²) in [6.45, 7) is 1.20. The quantitative estimate of drug-likeness (QED) is 0.447. The Morgan fingerprint density at radius 1 is 1.63 bits per heavy atom. The zero-order chi connectivity index (χ0) is 14.4. The fraction of sp³-hybridized carbons (Fsp3) is 0.300. The van der Waals surface area contributed by atoms with Crippen LogP contribution in [-0.2, 0) is 9.59 Å². The topological polar surface area (TPSA) is 122 Å². The molecule has 102 valence electrons. The van der Waals surface area contributed by atoms with Gasteiger partial charge in [0.1, 0.15) is 6.04 Å². The maximum atomic E-state index is 10.9.